The normalized spacial score (nSPS) is 24.8. The zero-order chi connectivity index (χ0) is 11.5. The van der Waals surface area contributed by atoms with Crippen molar-refractivity contribution in [2.24, 2.45) is 5.92 Å². The lowest BCUT2D eigenvalue weighted by molar-refractivity contribution is -0.142. The number of hydrogen-bond acceptors (Lipinski definition) is 3. The molecule has 0 amide bonds. The topological polar surface area (TPSA) is 68.0 Å². The van der Waals surface area contributed by atoms with Crippen LogP contribution in [-0.4, -0.2) is 26.1 Å². The van der Waals surface area contributed by atoms with E-state index in [1.807, 2.05) is 4.68 Å². The molecule has 0 saturated heterocycles. The molecule has 0 bridgehead atoms. The molecule has 1 aliphatic rings. The van der Waals surface area contributed by atoms with E-state index in [9.17, 15) is 4.79 Å². The van der Waals surface area contributed by atoms with Crippen molar-refractivity contribution in [3.8, 4) is 0 Å². The van der Waals surface area contributed by atoms with Crippen LogP contribution in [0.25, 0.3) is 0 Å². The molecule has 5 nitrogen and oxygen atoms in total. The van der Waals surface area contributed by atoms with Crippen LogP contribution >= 0.6 is 0 Å². The van der Waals surface area contributed by atoms with E-state index in [-0.39, 0.29) is 11.8 Å². The zero-order valence-corrected chi connectivity index (χ0v) is 9.46. The molecule has 0 aromatic carbocycles. The van der Waals surface area contributed by atoms with Gasteiger partial charge < -0.3 is 5.11 Å². The Hall–Kier alpha value is -1.39. The first-order valence-electron chi connectivity index (χ1n) is 5.85. The van der Waals surface area contributed by atoms with Gasteiger partial charge in [0.05, 0.1) is 17.8 Å². The summed E-state index contributed by atoms with van der Waals surface area (Å²) in [5.74, 6) is -0.847. The van der Waals surface area contributed by atoms with Gasteiger partial charge in [0.2, 0.25) is 0 Å². The van der Waals surface area contributed by atoms with Gasteiger partial charge in [-0.15, -0.1) is 5.10 Å². The molecule has 88 valence electrons. The lowest BCUT2D eigenvalue weighted by atomic mass is 9.93. The average Bonchev–Trinajstić information content (AvgIpc) is 2.83. The van der Waals surface area contributed by atoms with E-state index in [1.54, 1.807) is 6.20 Å². The molecule has 2 rings (SSSR count). The lowest BCUT2D eigenvalue weighted by Crippen LogP contribution is -2.19. The number of carboxylic acid groups (broad SMARTS) is 1. The Morgan fingerprint density at radius 2 is 2.44 bits per heavy atom. The summed E-state index contributed by atoms with van der Waals surface area (Å²) < 4.78 is 1.85. The van der Waals surface area contributed by atoms with Gasteiger partial charge in [0.25, 0.3) is 0 Å². The quantitative estimate of drug-likeness (QED) is 0.842. The summed E-state index contributed by atoms with van der Waals surface area (Å²) in [4.78, 5) is 11.1. The number of aromatic nitrogens is 3. The number of carboxylic acids is 1. The van der Waals surface area contributed by atoms with Crippen molar-refractivity contribution in [2.45, 2.75) is 45.1 Å². The van der Waals surface area contributed by atoms with Crippen LogP contribution in [0.2, 0.25) is 0 Å². The maximum atomic E-state index is 11.1. The number of aliphatic carboxylic acids is 1. The van der Waals surface area contributed by atoms with Gasteiger partial charge in [-0.05, 0) is 19.3 Å². The molecular formula is C11H17N3O2. The standard InChI is InChI=1S/C11H17N3O2/c1-2-6-14-10(7-12-13-14)8-4-3-5-9(8)11(15)16/h7-9H,2-6H2,1H3,(H,15,16). The van der Waals surface area contributed by atoms with Gasteiger partial charge >= 0.3 is 5.97 Å². The Labute approximate surface area is 94.5 Å². The van der Waals surface area contributed by atoms with Crippen molar-refractivity contribution in [2.75, 3.05) is 0 Å². The van der Waals surface area contributed by atoms with Gasteiger partial charge in [-0.1, -0.05) is 18.6 Å². The van der Waals surface area contributed by atoms with Crippen molar-refractivity contribution in [1.82, 2.24) is 15.0 Å². The van der Waals surface area contributed by atoms with E-state index in [0.717, 1.165) is 37.9 Å². The summed E-state index contributed by atoms with van der Waals surface area (Å²) in [5, 5.41) is 17.1. The summed E-state index contributed by atoms with van der Waals surface area (Å²) >= 11 is 0. The number of nitrogens with zero attached hydrogens (tertiary/aromatic N) is 3. The largest absolute Gasteiger partial charge is 0.481 e. The fourth-order valence-electron chi connectivity index (χ4n) is 2.55. The molecule has 16 heavy (non-hydrogen) atoms. The number of carbonyl (C=O) groups is 1. The van der Waals surface area contributed by atoms with Gasteiger partial charge in [0.1, 0.15) is 0 Å². The van der Waals surface area contributed by atoms with E-state index in [0.29, 0.717) is 0 Å². The van der Waals surface area contributed by atoms with Crippen LogP contribution in [0.15, 0.2) is 6.20 Å². The third-order valence-corrected chi connectivity index (χ3v) is 3.30. The van der Waals surface area contributed by atoms with E-state index in [1.165, 1.54) is 0 Å². The minimum absolute atomic E-state index is 0.0963. The van der Waals surface area contributed by atoms with Crippen LogP contribution in [0, 0.1) is 5.92 Å². The second-order valence-corrected chi connectivity index (χ2v) is 4.36. The molecule has 1 aromatic heterocycles. The monoisotopic (exact) mass is 223 g/mol. The highest BCUT2D eigenvalue weighted by Gasteiger charge is 2.35. The van der Waals surface area contributed by atoms with Gasteiger partial charge in [-0.2, -0.15) is 0 Å². The minimum atomic E-state index is -0.688. The third kappa shape index (κ3) is 1.94. The average molecular weight is 223 g/mol. The third-order valence-electron chi connectivity index (χ3n) is 3.30. The second-order valence-electron chi connectivity index (χ2n) is 4.36. The van der Waals surface area contributed by atoms with Gasteiger partial charge in [0, 0.05) is 12.5 Å². The summed E-state index contributed by atoms with van der Waals surface area (Å²) in [6.45, 7) is 2.90. The van der Waals surface area contributed by atoms with E-state index in [4.69, 9.17) is 5.11 Å². The summed E-state index contributed by atoms with van der Waals surface area (Å²) in [6.07, 6.45) is 5.41. The molecule has 1 aromatic rings. The molecule has 1 fully saturated rings. The molecule has 0 aliphatic heterocycles. The van der Waals surface area contributed by atoms with Crippen molar-refractivity contribution >= 4 is 5.97 Å². The van der Waals surface area contributed by atoms with Crippen LogP contribution in [-0.2, 0) is 11.3 Å². The number of aryl methyl sites for hydroxylation is 1. The highest BCUT2D eigenvalue weighted by Crippen LogP contribution is 2.39. The van der Waals surface area contributed by atoms with Gasteiger partial charge in [-0.3, -0.25) is 4.79 Å². The number of hydrogen-bond donors (Lipinski definition) is 1. The molecule has 2 atom stereocenters. The fraction of sp³-hybridized carbons (Fsp3) is 0.727. The highest BCUT2D eigenvalue weighted by atomic mass is 16.4. The summed E-state index contributed by atoms with van der Waals surface area (Å²) in [5.41, 5.74) is 0.992. The maximum Gasteiger partial charge on any atom is 0.307 e. The lowest BCUT2D eigenvalue weighted by Gasteiger charge is -2.16. The van der Waals surface area contributed by atoms with Crippen molar-refractivity contribution in [3.05, 3.63) is 11.9 Å². The van der Waals surface area contributed by atoms with Crippen molar-refractivity contribution in [1.29, 1.82) is 0 Å². The zero-order valence-electron chi connectivity index (χ0n) is 9.46. The Morgan fingerprint density at radius 3 is 3.12 bits per heavy atom. The predicted octanol–water partition coefficient (Wildman–Crippen LogP) is 1.66. The molecule has 1 aliphatic carbocycles. The first-order chi connectivity index (χ1) is 7.74. The van der Waals surface area contributed by atoms with Gasteiger partial charge in [-0.25, -0.2) is 4.68 Å². The van der Waals surface area contributed by atoms with E-state index in [2.05, 4.69) is 17.2 Å². The molecule has 1 saturated carbocycles. The predicted molar refractivity (Wildman–Crippen MR) is 58.0 cm³/mol. The Balaban J connectivity index is 2.22. The fourth-order valence-corrected chi connectivity index (χ4v) is 2.55. The second kappa shape index (κ2) is 4.63. The minimum Gasteiger partial charge on any atom is -0.481 e. The first-order valence-corrected chi connectivity index (χ1v) is 5.85. The first kappa shape index (κ1) is 11.1. The van der Waals surface area contributed by atoms with E-state index < -0.39 is 5.97 Å². The molecule has 2 unspecified atom stereocenters. The van der Waals surface area contributed by atoms with Crippen LogP contribution in [0.5, 0.6) is 0 Å². The van der Waals surface area contributed by atoms with Gasteiger partial charge in [0.15, 0.2) is 0 Å². The SMILES string of the molecule is CCCn1nncc1C1CCCC1C(=O)O. The highest BCUT2D eigenvalue weighted by molar-refractivity contribution is 5.71. The summed E-state index contributed by atoms with van der Waals surface area (Å²) in [7, 11) is 0. The molecule has 1 N–H and O–H groups in total. The van der Waals surface area contributed by atoms with Crippen molar-refractivity contribution < 1.29 is 9.90 Å². The smallest absolute Gasteiger partial charge is 0.307 e. The van der Waals surface area contributed by atoms with Crippen molar-refractivity contribution in [3.63, 3.8) is 0 Å². The Bertz CT molecular complexity index is 375. The summed E-state index contributed by atoms with van der Waals surface area (Å²) in [6, 6.07) is 0. The maximum absolute atomic E-state index is 11.1. The Morgan fingerprint density at radius 1 is 1.62 bits per heavy atom. The molecule has 1 heterocycles. The van der Waals surface area contributed by atoms with Crippen LogP contribution in [0.4, 0.5) is 0 Å². The molecular weight excluding hydrogens is 206 g/mol. The number of rotatable bonds is 4. The van der Waals surface area contributed by atoms with Crippen LogP contribution in [0.1, 0.15) is 44.2 Å². The molecule has 5 heteroatoms. The van der Waals surface area contributed by atoms with Crippen LogP contribution in [0.3, 0.4) is 0 Å². The molecule has 0 spiro atoms. The van der Waals surface area contributed by atoms with E-state index >= 15 is 0 Å². The van der Waals surface area contributed by atoms with Crippen LogP contribution < -0.4 is 0 Å². The molecule has 0 radical (unpaired) electrons. The Kier molecular flexibility index (Phi) is 3.22.